The molecule has 3 rings (SSSR count). The molecule has 5 heteroatoms. The first-order valence-electron chi connectivity index (χ1n) is 6.74. The quantitative estimate of drug-likeness (QED) is 0.755. The molecule has 1 N–H and O–H groups in total. The Hall–Kier alpha value is -1.20. The summed E-state index contributed by atoms with van der Waals surface area (Å²) in [6, 6.07) is 12.4. The van der Waals surface area contributed by atoms with Crippen LogP contribution in [0.25, 0.3) is 0 Å². The molecule has 0 spiro atoms. The topological polar surface area (TPSA) is 30.5 Å². The summed E-state index contributed by atoms with van der Waals surface area (Å²) in [5.41, 5.74) is 2.22. The van der Waals surface area contributed by atoms with Gasteiger partial charge in [0.2, 0.25) is 0 Å². The third kappa shape index (κ3) is 3.35. The fourth-order valence-electron chi connectivity index (χ4n) is 2.24. The average Bonchev–Trinajstić information content (AvgIpc) is 2.48. The normalized spacial score (nSPS) is 14.6. The molecule has 0 amide bonds. The predicted molar refractivity (Wildman–Crippen MR) is 91.3 cm³/mol. The monoisotopic (exact) mass is 411 g/mol. The van der Waals surface area contributed by atoms with Gasteiger partial charge in [0.05, 0.1) is 5.69 Å². The largest absolute Gasteiger partial charge is 0.486 e. The van der Waals surface area contributed by atoms with Gasteiger partial charge in [-0.3, -0.25) is 0 Å². The van der Waals surface area contributed by atoms with Crippen molar-refractivity contribution in [3.8, 4) is 11.5 Å². The number of hydrogen-bond donors (Lipinski definition) is 1. The van der Waals surface area contributed by atoms with E-state index >= 15 is 0 Å². The van der Waals surface area contributed by atoms with Crippen molar-refractivity contribution in [3.63, 3.8) is 0 Å². The van der Waals surface area contributed by atoms with Crippen LogP contribution in [0.2, 0.25) is 0 Å². The first kappa shape index (κ1) is 14.7. The molecule has 2 aromatic rings. The molecule has 0 aromatic heterocycles. The van der Waals surface area contributed by atoms with E-state index in [4.69, 9.17) is 9.47 Å². The minimum atomic E-state index is 0.192. The van der Waals surface area contributed by atoms with Gasteiger partial charge < -0.3 is 14.8 Å². The van der Waals surface area contributed by atoms with Crippen molar-refractivity contribution in [1.29, 1.82) is 0 Å². The third-order valence-electron chi connectivity index (χ3n) is 3.37. The number of nitrogens with one attached hydrogen (secondary N) is 1. The van der Waals surface area contributed by atoms with Crippen LogP contribution in [0.15, 0.2) is 45.3 Å². The smallest absolute Gasteiger partial charge is 0.163 e. The first-order chi connectivity index (χ1) is 10.1. The van der Waals surface area contributed by atoms with Crippen molar-refractivity contribution in [2.75, 3.05) is 18.5 Å². The highest BCUT2D eigenvalue weighted by molar-refractivity contribution is 9.10. The fourth-order valence-corrected chi connectivity index (χ4v) is 2.94. The number of anilines is 1. The maximum Gasteiger partial charge on any atom is 0.163 e. The molecule has 21 heavy (non-hydrogen) atoms. The molecule has 0 aliphatic carbocycles. The second-order valence-corrected chi connectivity index (χ2v) is 6.66. The molecule has 2 aromatic carbocycles. The van der Waals surface area contributed by atoms with E-state index in [-0.39, 0.29) is 6.04 Å². The molecule has 110 valence electrons. The zero-order chi connectivity index (χ0) is 14.8. The summed E-state index contributed by atoms with van der Waals surface area (Å²) in [6.07, 6.45) is 0. The maximum atomic E-state index is 5.63. The van der Waals surface area contributed by atoms with Gasteiger partial charge in [0.1, 0.15) is 13.2 Å². The molecule has 1 atom stereocenters. The maximum absolute atomic E-state index is 5.63. The van der Waals surface area contributed by atoms with E-state index in [2.05, 4.69) is 56.2 Å². The molecular weight excluding hydrogens is 398 g/mol. The number of rotatable bonds is 3. The lowest BCUT2D eigenvalue weighted by atomic mass is 10.1. The van der Waals surface area contributed by atoms with Gasteiger partial charge in [-0.2, -0.15) is 0 Å². The van der Waals surface area contributed by atoms with Gasteiger partial charge in [0, 0.05) is 27.1 Å². The van der Waals surface area contributed by atoms with Crippen molar-refractivity contribution in [3.05, 3.63) is 50.9 Å². The minimum Gasteiger partial charge on any atom is -0.486 e. The van der Waals surface area contributed by atoms with Gasteiger partial charge >= 0.3 is 0 Å². The Balaban J connectivity index is 1.82. The Labute approximate surface area is 140 Å². The van der Waals surface area contributed by atoms with Crippen molar-refractivity contribution in [1.82, 2.24) is 0 Å². The van der Waals surface area contributed by atoms with E-state index < -0.39 is 0 Å². The highest BCUT2D eigenvalue weighted by Gasteiger charge is 2.16. The molecule has 1 aliphatic heterocycles. The molecule has 1 aliphatic rings. The predicted octanol–water partition coefficient (Wildman–Crippen LogP) is 5.16. The summed E-state index contributed by atoms with van der Waals surface area (Å²) in [5.74, 6) is 1.57. The number of ether oxygens (including phenoxy) is 2. The van der Waals surface area contributed by atoms with Crippen LogP contribution in [0, 0.1) is 0 Å². The Morgan fingerprint density at radius 3 is 2.29 bits per heavy atom. The Morgan fingerprint density at radius 1 is 1.00 bits per heavy atom. The van der Waals surface area contributed by atoms with Gasteiger partial charge in [-0.25, -0.2) is 0 Å². The van der Waals surface area contributed by atoms with Gasteiger partial charge in [-0.05, 0) is 40.5 Å². The van der Waals surface area contributed by atoms with Crippen LogP contribution in [0.4, 0.5) is 5.69 Å². The lowest BCUT2D eigenvalue weighted by molar-refractivity contribution is 0.171. The van der Waals surface area contributed by atoms with E-state index in [1.165, 1.54) is 5.56 Å². The highest BCUT2D eigenvalue weighted by atomic mass is 79.9. The van der Waals surface area contributed by atoms with Crippen LogP contribution in [0.3, 0.4) is 0 Å². The molecule has 1 unspecified atom stereocenters. The molecule has 0 radical (unpaired) electrons. The van der Waals surface area contributed by atoms with Gasteiger partial charge in [0.15, 0.2) is 11.5 Å². The number of hydrogen-bond acceptors (Lipinski definition) is 3. The average molecular weight is 413 g/mol. The molecular formula is C16H15Br2NO2. The molecule has 3 nitrogen and oxygen atoms in total. The van der Waals surface area contributed by atoms with Crippen LogP contribution in [0.5, 0.6) is 11.5 Å². The van der Waals surface area contributed by atoms with E-state index in [0.29, 0.717) is 13.2 Å². The SMILES string of the molecule is CC(Nc1cc2c(cc1Br)OCCO2)c1ccc(Br)cc1. The first-order valence-corrected chi connectivity index (χ1v) is 8.33. The zero-order valence-electron chi connectivity index (χ0n) is 11.5. The molecule has 0 fully saturated rings. The third-order valence-corrected chi connectivity index (χ3v) is 4.56. The summed E-state index contributed by atoms with van der Waals surface area (Å²) in [7, 11) is 0. The summed E-state index contributed by atoms with van der Waals surface area (Å²) >= 11 is 7.04. The Bertz CT molecular complexity index is 643. The molecule has 0 saturated heterocycles. The summed E-state index contributed by atoms with van der Waals surface area (Å²) in [5, 5.41) is 3.50. The zero-order valence-corrected chi connectivity index (χ0v) is 14.7. The fraction of sp³-hybridized carbons (Fsp3) is 0.250. The second-order valence-electron chi connectivity index (χ2n) is 4.89. The van der Waals surface area contributed by atoms with Crippen LogP contribution < -0.4 is 14.8 Å². The lowest BCUT2D eigenvalue weighted by Crippen LogP contribution is -2.16. The summed E-state index contributed by atoms with van der Waals surface area (Å²) in [4.78, 5) is 0. The Kier molecular flexibility index (Phi) is 4.40. The number of halogens is 2. The Morgan fingerprint density at radius 2 is 1.62 bits per heavy atom. The van der Waals surface area contributed by atoms with Crippen LogP contribution >= 0.6 is 31.9 Å². The summed E-state index contributed by atoms with van der Waals surface area (Å²) in [6.45, 7) is 3.32. The van der Waals surface area contributed by atoms with Crippen molar-refractivity contribution < 1.29 is 9.47 Å². The highest BCUT2D eigenvalue weighted by Crippen LogP contribution is 2.39. The summed E-state index contributed by atoms with van der Waals surface area (Å²) < 4.78 is 13.3. The van der Waals surface area contributed by atoms with Crippen molar-refractivity contribution in [2.45, 2.75) is 13.0 Å². The molecule has 1 heterocycles. The van der Waals surface area contributed by atoms with E-state index in [1.807, 2.05) is 24.3 Å². The number of benzene rings is 2. The van der Waals surface area contributed by atoms with Gasteiger partial charge in [0.25, 0.3) is 0 Å². The number of fused-ring (bicyclic) bond motifs is 1. The lowest BCUT2D eigenvalue weighted by Gasteiger charge is -2.22. The van der Waals surface area contributed by atoms with E-state index in [9.17, 15) is 0 Å². The van der Waals surface area contributed by atoms with Crippen molar-refractivity contribution >= 4 is 37.5 Å². The minimum absolute atomic E-state index is 0.192. The van der Waals surface area contributed by atoms with Crippen LogP contribution in [-0.4, -0.2) is 13.2 Å². The van der Waals surface area contributed by atoms with Gasteiger partial charge in [-0.1, -0.05) is 28.1 Å². The molecule has 0 bridgehead atoms. The van der Waals surface area contributed by atoms with E-state index in [1.54, 1.807) is 0 Å². The van der Waals surface area contributed by atoms with E-state index in [0.717, 1.165) is 26.1 Å². The molecule has 0 saturated carbocycles. The van der Waals surface area contributed by atoms with Crippen LogP contribution in [0.1, 0.15) is 18.5 Å². The van der Waals surface area contributed by atoms with Gasteiger partial charge in [-0.15, -0.1) is 0 Å². The standard InChI is InChI=1S/C16H15Br2NO2/c1-10(11-2-4-12(17)5-3-11)19-14-9-16-15(8-13(14)18)20-6-7-21-16/h2-5,8-10,19H,6-7H2,1H3. The van der Waals surface area contributed by atoms with Crippen LogP contribution in [-0.2, 0) is 0 Å². The second kappa shape index (κ2) is 6.28. The van der Waals surface area contributed by atoms with Crippen molar-refractivity contribution in [2.24, 2.45) is 0 Å².